The summed E-state index contributed by atoms with van der Waals surface area (Å²) in [5.41, 5.74) is -0.159. The Bertz CT molecular complexity index is 301. The van der Waals surface area contributed by atoms with E-state index >= 15 is 0 Å². The number of ether oxygens (including phenoxy) is 1. The van der Waals surface area contributed by atoms with Gasteiger partial charge in [-0.15, -0.1) is 0 Å². The summed E-state index contributed by atoms with van der Waals surface area (Å²) in [5.74, 6) is -0.451. The first-order valence-electron chi connectivity index (χ1n) is 4.84. The zero-order valence-electron chi connectivity index (χ0n) is 8.67. The Labute approximate surface area is 84.4 Å². The third-order valence-corrected chi connectivity index (χ3v) is 2.75. The van der Waals surface area contributed by atoms with E-state index in [0.717, 1.165) is 31.3 Å². The molecule has 0 heterocycles. The molecule has 0 saturated heterocycles. The van der Waals surface area contributed by atoms with Crippen LogP contribution in [0.3, 0.4) is 0 Å². The van der Waals surface area contributed by atoms with E-state index in [9.17, 15) is 4.79 Å². The quantitative estimate of drug-likeness (QED) is 0.499. The number of hydrogen-bond acceptors (Lipinski definition) is 3. The Morgan fingerprint density at radius 2 is 2.36 bits per heavy atom. The number of nitrogens with zero attached hydrogens (tertiary/aromatic N) is 1. The second-order valence-electron chi connectivity index (χ2n) is 3.70. The molecule has 0 amide bonds. The molecule has 0 aromatic heterocycles. The van der Waals surface area contributed by atoms with Crippen LogP contribution in [0.2, 0.25) is 0 Å². The second kappa shape index (κ2) is 4.28. The van der Waals surface area contributed by atoms with E-state index in [1.165, 1.54) is 7.11 Å². The minimum absolute atomic E-state index is 0.451. The van der Waals surface area contributed by atoms with Gasteiger partial charge < -0.3 is 4.74 Å². The largest absolute Gasteiger partial charge is 0.468 e. The standard InChI is InChI=1S/C11H15NO2/c1-11(8-12,10(13)14-2)9-6-4-3-5-7-9/h6H,3-5,7H2,1-2H3/t11-/m1/s1. The Balaban J connectivity index is 2.95. The molecule has 1 rings (SSSR count). The van der Waals surface area contributed by atoms with Crippen molar-refractivity contribution >= 4 is 5.97 Å². The van der Waals surface area contributed by atoms with Gasteiger partial charge in [0.15, 0.2) is 5.41 Å². The first kappa shape index (κ1) is 10.8. The Kier molecular flexibility index (Phi) is 3.29. The van der Waals surface area contributed by atoms with Gasteiger partial charge in [0.1, 0.15) is 0 Å². The van der Waals surface area contributed by atoms with E-state index < -0.39 is 11.4 Å². The molecule has 0 saturated carbocycles. The lowest BCUT2D eigenvalue weighted by molar-refractivity contribution is -0.146. The van der Waals surface area contributed by atoms with Crippen molar-refractivity contribution < 1.29 is 9.53 Å². The van der Waals surface area contributed by atoms with Gasteiger partial charge in [-0.3, -0.25) is 0 Å². The van der Waals surface area contributed by atoms with Gasteiger partial charge in [0, 0.05) is 0 Å². The van der Waals surface area contributed by atoms with E-state index in [1.54, 1.807) is 6.92 Å². The summed E-state index contributed by atoms with van der Waals surface area (Å²) in [5, 5.41) is 9.05. The number of carbonyl (C=O) groups is 1. The van der Waals surface area contributed by atoms with E-state index in [0.29, 0.717) is 0 Å². The lowest BCUT2D eigenvalue weighted by atomic mass is 9.78. The minimum atomic E-state index is -1.07. The highest BCUT2D eigenvalue weighted by Gasteiger charge is 2.38. The zero-order valence-corrected chi connectivity index (χ0v) is 8.67. The Hall–Kier alpha value is -1.30. The molecule has 0 aromatic rings. The minimum Gasteiger partial charge on any atom is -0.468 e. The average molecular weight is 193 g/mol. The molecule has 14 heavy (non-hydrogen) atoms. The molecule has 0 spiro atoms. The average Bonchev–Trinajstić information content (AvgIpc) is 2.28. The fraction of sp³-hybridized carbons (Fsp3) is 0.636. The smallest absolute Gasteiger partial charge is 0.330 e. The molecule has 76 valence electrons. The van der Waals surface area contributed by atoms with Crippen LogP contribution in [-0.2, 0) is 9.53 Å². The molecule has 1 aliphatic carbocycles. The van der Waals surface area contributed by atoms with Crippen molar-refractivity contribution in [2.24, 2.45) is 5.41 Å². The number of esters is 1. The summed E-state index contributed by atoms with van der Waals surface area (Å²) < 4.78 is 4.66. The third-order valence-electron chi connectivity index (χ3n) is 2.75. The van der Waals surface area contributed by atoms with Crippen molar-refractivity contribution in [2.75, 3.05) is 7.11 Å². The van der Waals surface area contributed by atoms with Gasteiger partial charge >= 0.3 is 5.97 Å². The van der Waals surface area contributed by atoms with E-state index in [2.05, 4.69) is 10.8 Å². The summed E-state index contributed by atoms with van der Waals surface area (Å²) in [6.45, 7) is 1.63. The van der Waals surface area contributed by atoms with Crippen molar-refractivity contribution in [3.05, 3.63) is 11.6 Å². The molecule has 0 fully saturated rings. The lowest BCUT2D eigenvalue weighted by Gasteiger charge is -2.24. The van der Waals surface area contributed by atoms with Gasteiger partial charge in [0.2, 0.25) is 0 Å². The molecule has 0 N–H and O–H groups in total. The van der Waals surface area contributed by atoms with Crippen LogP contribution in [0.15, 0.2) is 11.6 Å². The molecule has 0 aromatic carbocycles. The van der Waals surface area contributed by atoms with Crippen LogP contribution in [0.4, 0.5) is 0 Å². The topological polar surface area (TPSA) is 50.1 Å². The number of carbonyl (C=O) groups excluding carboxylic acids is 1. The van der Waals surface area contributed by atoms with Gasteiger partial charge in [-0.2, -0.15) is 5.26 Å². The van der Waals surface area contributed by atoms with Gasteiger partial charge in [0.25, 0.3) is 0 Å². The summed E-state index contributed by atoms with van der Waals surface area (Å²) in [4.78, 5) is 11.5. The number of allylic oxidation sites excluding steroid dienone is 1. The highest BCUT2D eigenvalue weighted by molar-refractivity contribution is 5.83. The lowest BCUT2D eigenvalue weighted by Crippen LogP contribution is -2.30. The van der Waals surface area contributed by atoms with Crippen LogP contribution in [0.1, 0.15) is 32.6 Å². The number of rotatable bonds is 2. The molecule has 0 bridgehead atoms. The van der Waals surface area contributed by atoms with Crippen molar-refractivity contribution in [3.8, 4) is 6.07 Å². The maximum atomic E-state index is 11.5. The number of methoxy groups -OCH3 is 1. The van der Waals surface area contributed by atoms with Crippen molar-refractivity contribution in [2.45, 2.75) is 32.6 Å². The summed E-state index contributed by atoms with van der Waals surface area (Å²) >= 11 is 0. The number of hydrogen-bond donors (Lipinski definition) is 0. The Morgan fingerprint density at radius 1 is 1.64 bits per heavy atom. The Morgan fingerprint density at radius 3 is 2.79 bits per heavy atom. The summed E-state index contributed by atoms with van der Waals surface area (Å²) in [6.07, 6.45) is 6.00. The van der Waals surface area contributed by atoms with Crippen molar-refractivity contribution in [1.82, 2.24) is 0 Å². The SMILES string of the molecule is COC(=O)[C@](C)(C#N)C1=CCCCC1. The highest BCUT2D eigenvalue weighted by Crippen LogP contribution is 2.34. The van der Waals surface area contributed by atoms with Crippen LogP contribution < -0.4 is 0 Å². The van der Waals surface area contributed by atoms with Crippen LogP contribution in [0.25, 0.3) is 0 Å². The second-order valence-corrected chi connectivity index (χ2v) is 3.70. The van der Waals surface area contributed by atoms with E-state index in [1.807, 2.05) is 6.08 Å². The molecule has 1 atom stereocenters. The first-order chi connectivity index (χ1) is 6.65. The molecule has 0 unspecified atom stereocenters. The predicted octanol–water partition coefficient (Wildman–Crippen LogP) is 2.19. The molecule has 0 radical (unpaired) electrons. The summed E-state index contributed by atoms with van der Waals surface area (Å²) in [7, 11) is 1.32. The van der Waals surface area contributed by atoms with Crippen LogP contribution in [-0.4, -0.2) is 13.1 Å². The normalized spacial score (nSPS) is 20.2. The van der Waals surface area contributed by atoms with Crippen LogP contribution >= 0.6 is 0 Å². The fourth-order valence-electron chi connectivity index (χ4n) is 1.74. The predicted molar refractivity (Wildman–Crippen MR) is 52.3 cm³/mol. The van der Waals surface area contributed by atoms with Crippen molar-refractivity contribution in [3.63, 3.8) is 0 Å². The molecule has 0 aliphatic heterocycles. The molecule has 3 nitrogen and oxygen atoms in total. The molecular formula is C11H15NO2. The van der Waals surface area contributed by atoms with Crippen LogP contribution in [0, 0.1) is 16.7 Å². The van der Waals surface area contributed by atoms with Crippen molar-refractivity contribution in [1.29, 1.82) is 5.26 Å². The fourth-order valence-corrected chi connectivity index (χ4v) is 1.74. The zero-order chi connectivity index (χ0) is 10.6. The molecular weight excluding hydrogens is 178 g/mol. The monoisotopic (exact) mass is 193 g/mol. The van der Waals surface area contributed by atoms with Crippen LogP contribution in [0.5, 0.6) is 0 Å². The molecule has 3 heteroatoms. The highest BCUT2D eigenvalue weighted by atomic mass is 16.5. The van der Waals surface area contributed by atoms with E-state index in [-0.39, 0.29) is 0 Å². The van der Waals surface area contributed by atoms with Gasteiger partial charge in [-0.05, 0) is 38.2 Å². The third kappa shape index (κ3) is 1.79. The summed E-state index contributed by atoms with van der Waals surface area (Å²) in [6, 6.07) is 2.06. The van der Waals surface area contributed by atoms with E-state index in [4.69, 9.17) is 5.26 Å². The molecule has 1 aliphatic rings. The van der Waals surface area contributed by atoms with Gasteiger partial charge in [-0.1, -0.05) is 6.08 Å². The number of nitriles is 1. The first-order valence-corrected chi connectivity index (χ1v) is 4.84. The maximum absolute atomic E-state index is 11.5. The maximum Gasteiger partial charge on any atom is 0.330 e. The van der Waals surface area contributed by atoms with Gasteiger partial charge in [-0.25, -0.2) is 4.79 Å². The van der Waals surface area contributed by atoms with Gasteiger partial charge in [0.05, 0.1) is 13.2 Å².